The Bertz CT molecular complexity index is 559. The van der Waals surface area contributed by atoms with Gasteiger partial charge in [0.1, 0.15) is 0 Å². The van der Waals surface area contributed by atoms with Gasteiger partial charge in [0.15, 0.2) is 0 Å². The largest absolute Gasteiger partial charge is 0.314 e. The molecule has 0 spiro atoms. The lowest BCUT2D eigenvalue weighted by atomic mass is 10.2. The van der Waals surface area contributed by atoms with Crippen molar-refractivity contribution >= 4 is 21.6 Å². The molecule has 1 aromatic rings. The van der Waals surface area contributed by atoms with Crippen molar-refractivity contribution in [1.29, 1.82) is 0 Å². The van der Waals surface area contributed by atoms with E-state index in [1.807, 2.05) is 18.2 Å². The number of rotatable bonds is 9. The van der Waals surface area contributed by atoms with Gasteiger partial charge in [-0.3, -0.25) is 0 Å². The van der Waals surface area contributed by atoms with E-state index in [-0.39, 0.29) is 5.75 Å². The first kappa shape index (κ1) is 16.7. The Morgan fingerprint density at radius 1 is 1.29 bits per heavy atom. The molecule has 0 saturated heterocycles. The van der Waals surface area contributed by atoms with Crippen LogP contribution in [0.3, 0.4) is 0 Å². The molecule has 0 aromatic heterocycles. The molecule has 0 unspecified atom stereocenters. The van der Waals surface area contributed by atoms with Gasteiger partial charge in [-0.1, -0.05) is 29.8 Å². The van der Waals surface area contributed by atoms with Crippen molar-refractivity contribution in [2.75, 3.05) is 19.3 Å². The minimum atomic E-state index is -3.21. The average Bonchev–Trinajstić information content (AvgIpc) is 3.25. The molecule has 2 rings (SSSR count). The highest BCUT2D eigenvalue weighted by Crippen LogP contribution is 2.19. The molecule has 0 atom stereocenters. The molecule has 1 aliphatic rings. The van der Waals surface area contributed by atoms with Crippen LogP contribution in [-0.4, -0.2) is 38.1 Å². The number of unbranched alkanes of at least 4 members (excludes halogenated alkanes) is 1. The molecule has 0 heterocycles. The molecule has 0 amide bonds. The Balaban J connectivity index is 1.76. The van der Waals surface area contributed by atoms with Crippen LogP contribution in [0.5, 0.6) is 0 Å². The smallest absolute Gasteiger partial charge is 0.214 e. The summed E-state index contributed by atoms with van der Waals surface area (Å²) < 4.78 is 25.8. The van der Waals surface area contributed by atoms with Gasteiger partial charge in [0.2, 0.25) is 10.0 Å². The summed E-state index contributed by atoms with van der Waals surface area (Å²) in [5.74, 6) is 0.195. The van der Waals surface area contributed by atoms with Gasteiger partial charge >= 0.3 is 0 Å². The Hall–Kier alpha value is -0.620. The van der Waals surface area contributed by atoms with Gasteiger partial charge in [-0.25, -0.2) is 12.7 Å². The van der Waals surface area contributed by atoms with Crippen molar-refractivity contribution in [1.82, 2.24) is 9.62 Å². The molecular formula is C15H23ClN2O2S. The topological polar surface area (TPSA) is 49.4 Å². The third-order valence-electron chi connectivity index (χ3n) is 3.67. The lowest BCUT2D eigenvalue weighted by molar-refractivity contribution is 0.464. The lowest BCUT2D eigenvalue weighted by Gasteiger charge is -2.18. The number of nitrogens with zero attached hydrogens (tertiary/aromatic N) is 1. The second kappa shape index (κ2) is 7.58. The van der Waals surface area contributed by atoms with Gasteiger partial charge in [-0.2, -0.15) is 0 Å². The van der Waals surface area contributed by atoms with Crippen molar-refractivity contribution in [3.63, 3.8) is 0 Å². The third-order valence-corrected chi connectivity index (χ3v) is 5.92. The molecule has 4 nitrogen and oxygen atoms in total. The van der Waals surface area contributed by atoms with E-state index in [1.165, 1.54) is 17.1 Å². The molecular weight excluding hydrogens is 308 g/mol. The van der Waals surface area contributed by atoms with E-state index >= 15 is 0 Å². The molecule has 0 aliphatic heterocycles. The zero-order chi connectivity index (χ0) is 15.3. The minimum Gasteiger partial charge on any atom is -0.314 e. The van der Waals surface area contributed by atoms with Crippen LogP contribution in [0.4, 0.5) is 0 Å². The van der Waals surface area contributed by atoms with E-state index in [9.17, 15) is 8.42 Å². The van der Waals surface area contributed by atoms with Crippen LogP contribution in [0.25, 0.3) is 0 Å². The summed E-state index contributed by atoms with van der Waals surface area (Å²) >= 11 is 6.07. The number of sulfonamides is 1. The van der Waals surface area contributed by atoms with Crippen LogP contribution in [0, 0.1) is 0 Å². The zero-order valence-corrected chi connectivity index (χ0v) is 14.0. The maximum Gasteiger partial charge on any atom is 0.214 e. The van der Waals surface area contributed by atoms with Crippen molar-refractivity contribution in [3.8, 4) is 0 Å². The van der Waals surface area contributed by atoms with Crippen LogP contribution in [-0.2, 0) is 16.6 Å². The summed E-state index contributed by atoms with van der Waals surface area (Å²) in [7, 11) is -1.60. The fourth-order valence-electron chi connectivity index (χ4n) is 2.12. The Kier molecular flexibility index (Phi) is 6.05. The molecule has 1 N–H and O–H groups in total. The summed E-state index contributed by atoms with van der Waals surface area (Å²) in [5, 5.41) is 4.00. The first-order chi connectivity index (χ1) is 9.99. The Morgan fingerprint density at radius 3 is 2.67 bits per heavy atom. The van der Waals surface area contributed by atoms with Crippen molar-refractivity contribution in [2.24, 2.45) is 0 Å². The van der Waals surface area contributed by atoms with E-state index in [0.29, 0.717) is 24.0 Å². The maximum absolute atomic E-state index is 12.2. The normalized spacial score (nSPS) is 15.6. The first-order valence-electron chi connectivity index (χ1n) is 7.40. The summed E-state index contributed by atoms with van der Waals surface area (Å²) in [4.78, 5) is 0. The van der Waals surface area contributed by atoms with Gasteiger partial charge in [-0.05, 0) is 43.9 Å². The van der Waals surface area contributed by atoms with E-state index in [1.54, 1.807) is 13.1 Å². The highest BCUT2D eigenvalue weighted by molar-refractivity contribution is 7.89. The van der Waals surface area contributed by atoms with Gasteiger partial charge in [-0.15, -0.1) is 0 Å². The number of nitrogens with one attached hydrogen (secondary N) is 1. The third kappa shape index (κ3) is 5.58. The van der Waals surface area contributed by atoms with Gasteiger partial charge in [0, 0.05) is 24.7 Å². The minimum absolute atomic E-state index is 0.195. The van der Waals surface area contributed by atoms with E-state index in [2.05, 4.69) is 5.32 Å². The standard InChI is InChI=1S/C15H23ClN2O2S/c1-18(12-13-6-2-3-7-15(13)16)21(19,20)11-5-4-10-17-14-8-9-14/h2-3,6-7,14,17H,4-5,8-12H2,1H3. The lowest BCUT2D eigenvalue weighted by Crippen LogP contribution is -2.29. The summed E-state index contributed by atoms with van der Waals surface area (Å²) in [6, 6.07) is 8.03. The van der Waals surface area contributed by atoms with Crippen LogP contribution in [0.1, 0.15) is 31.2 Å². The van der Waals surface area contributed by atoms with E-state index < -0.39 is 10.0 Å². The monoisotopic (exact) mass is 330 g/mol. The molecule has 6 heteroatoms. The molecule has 0 radical (unpaired) electrons. The van der Waals surface area contributed by atoms with Crippen LogP contribution >= 0.6 is 11.6 Å². The SMILES string of the molecule is CN(Cc1ccccc1Cl)S(=O)(=O)CCCCNC1CC1. The molecule has 0 bridgehead atoms. The maximum atomic E-state index is 12.2. The quantitative estimate of drug-likeness (QED) is 0.708. The second-order valence-electron chi connectivity index (χ2n) is 5.60. The number of benzene rings is 1. The summed E-state index contributed by atoms with van der Waals surface area (Å²) in [6.07, 6.45) is 4.11. The molecule has 1 aliphatic carbocycles. The fraction of sp³-hybridized carbons (Fsp3) is 0.600. The van der Waals surface area contributed by atoms with Crippen molar-refractivity contribution in [2.45, 2.75) is 38.3 Å². The van der Waals surface area contributed by atoms with Crippen molar-refractivity contribution in [3.05, 3.63) is 34.9 Å². The molecule has 118 valence electrons. The molecule has 1 saturated carbocycles. The number of halogens is 1. The molecule has 21 heavy (non-hydrogen) atoms. The number of hydrogen-bond acceptors (Lipinski definition) is 3. The van der Waals surface area contributed by atoms with Crippen LogP contribution in [0.2, 0.25) is 5.02 Å². The van der Waals surface area contributed by atoms with Crippen molar-refractivity contribution < 1.29 is 8.42 Å². The van der Waals surface area contributed by atoms with E-state index in [4.69, 9.17) is 11.6 Å². The van der Waals surface area contributed by atoms with E-state index in [0.717, 1.165) is 18.5 Å². The van der Waals surface area contributed by atoms with Gasteiger partial charge < -0.3 is 5.32 Å². The van der Waals surface area contributed by atoms with Gasteiger partial charge in [0.05, 0.1) is 5.75 Å². The average molecular weight is 331 g/mol. The molecule has 1 fully saturated rings. The molecule has 1 aromatic carbocycles. The highest BCUT2D eigenvalue weighted by atomic mass is 35.5. The Morgan fingerprint density at radius 2 is 2.00 bits per heavy atom. The van der Waals surface area contributed by atoms with Crippen LogP contribution < -0.4 is 5.32 Å². The van der Waals surface area contributed by atoms with Gasteiger partial charge in [0.25, 0.3) is 0 Å². The predicted octanol–water partition coefficient (Wildman–Crippen LogP) is 2.63. The van der Waals surface area contributed by atoms with Crippen LogP contribution in [0.15, 0.2) is 24.3 Å². The first-order valence-corrected chi connectivity index (χ1v) is 9.38. The highest BCUT2D eigenvalue weighted by Gasteiger charge is 2.21. The summed E-state index contributed by atoms with van der Waals surface area (Å²) in [5.41, 5.74) is 0.834. The predicted molar refractivity (Wildman–Crippen MR) is 87.0 cm³/mol. The zero-order valence-electron chi connectivity index (χ0n) is 12.4. The summed E-state index contributed by atoms with van der Waals surface area (Å²) in [6.45, 7) is 1.23. The number of hydrogen-bond donors (Lipinski definition) is 1. The Labute approximate surface area is 132 Å². The fourth-order valence-corrected chi connectivity index (χ4v) is 3.54. The second-order valence-corrected chi connectivity index (χ2v) is 8.20.